The van der Waals surface area contributed by atoms with Crippen LogP contribution in [0, 0.1) is 0 Å². The first-order valence-electron chi connectivity index (χ1n) is 7.44. The summed E-state index contributed by atoms with van der Waals surface area (Å²) >= 11 is 1.75. The third-order valence-corrected chi connectivity index (χ3v) is 4.61. The van der Waals surface area contributed by atoms with Gasteiger partial charge in [0.2, 0.25) is 0 Å². The van der Waals surface area contributed by atoms with Crippen LogP contribution >= 0.6 is 11.8 Å². The number of nitrogens with one attached hydrogen (secondary N) is 1. The molecule has 110 valence electrons. The Hall–Kier alpha value is -1.39. The van der Waals surface area contributed by atoms with E-state index in [2.05, 4.69) is 49.7 Å². The van der Waals surface area contributed by atoms with Gasteiger partial charge in [-0.1, -0.05) is 26.0 Å². The second kappa shape index (κ2) is 6.16. The Morgan fingerprint density at radius 2 is 1.90 bits per heavy atom. The van der Waals surface area contributed by atoms with Crippen LogP contribution in [-0.4, -0.2) is 22.8 Å². The Bertz CT molecular complexity index is 635. The van der Waals surface area contributed by atoms with Gasteiger partial charge in [0.1, 0.15) is 0 Å². The molecule has 0 aliphatic carbocycles. The van der Waals surface area contributed by atoms with Crippen LogP contribution in [0.2, 0.25) is 0 Å². The number of nitrogens with zero attached hydrogens (tertiary/aromatic N) is 2. The van der Waals surface area contributed by atoms with Crippen molar-refractivity contribution in [2.24, 2.45) is 0 Å². The Morgan fingerprint density at radius 1 is 1.14 bits per heavy atom. The quantitative estimate of drug-likeness (QED) is 0.878. The molecule has 0 saturated heterocycles. The second-order valence-corrected chi connectivity index (χ2v) is 6.55. The summed E-state index contributed by atoms with van der Waals surface area (Å²) in [4.78, 5) is 10.9. The zero-order valence-electron chi connectivity index (χ0n) is 12.8. The highest BCUT2D eigenvalue weighted by Gasteiger charge is 2.19. The molecule has 1 aliphatic rings. The maximum Gasteiger partial charge on any atom is 0.159 e. The topological polar surface area (TPSA) is 37.8 Å². The largest absolute Gasteiger partial charge is 0.311 e. The van der Waals surface area contributed by atoms with Gasteiger partial charge in [0.25, 0.3) is 0 Å². The second-order valence-electron chi connectivity index (χ2n) is 5.67. The standard InChI is InChI=1S/C17H21N3S/c1-11(2)16-14-8-9-18-10-15(14)19-17(20-16)12-4-6-13(21-3)7-5-12/h4-7,11,18H,8-10H2,1-3H3. The summed E-state index contributed by atoms with van der Waals surface area (Å²) in [5, 5.41) is 3.41. The molecule has 0 radical (unpaired) electrons. The van der Waals surface area contributed by atoms with Gasteiger partial charge in [-0.15, -0.1) is 11.8 Å². The molecule has 2 heterocycles. The highest BCUT2D eigenvalue weighted by molar-refractivity contribution is 7.98. The predicted octanol–water partition coefficient (Wildman–Crippen LogP) is 3.63. The smallest absolute Gasteiger partial charge is 0.159 e. The van der Waals surface area contributed by atoms with Gasteiger partial charge in [-0.25, -0.2) is 9.97 Å². The molecule has 0 spiro atoms. The molecule has 0 unspecified atom stereocenters. The van der Waals surface area contributed by atoms with Gasteiger partial charge in [-0.2, -0.15) is 0 Å². The van der Waals surface area contributed by atoms with Gasteiger partial charge in [0.15, 0.2) is 5.82 Å². The molecule has 3 rings (SSSR count). The van der Waals surface area contributed by atoms with Crippen molar-refractivity contribution in [3.63, 3.8) is 0 Å². The molecule has 0 bridgehead atoms. The number of hydrogen-bond acceptors (Lipinski definition) is 4. The molecule has 1 aromatic heterocycles. The SMILES string of the molecule is CSc1ccc(-c2nc3c(c(C(C)C)n2)CCNC3)cc1. The molecule has 0 saturated carbocycles. The van der Waals surface area contributed by atoms with E-state index in [1.807, 2.05) is 0 Å². The van der Waals surface area contributed by atoms with Crippen molar-refractivity contribution in [3.8, 4) is 11.4 Å². The molecule has 0 atom stereocenters. The maximum absolute atomic E-state index is 4.87. The Labute approximate surface area is 130 Å². The molecule has 0 amide bonds. The van der Waals surface area contributed by atoms with Crippen molar-refractivity contribution in [1.82, 2.24) is 15.3 Å². The molecule has 1 N–H and O–H groups in total. The van der Waals surface area contributed by atoms with Crippen molar-refractivity contribution in [2.45, 2.75) is 37.6 Å². The van der Waals surface area contributed by atoms with Crippen molar-refractivity contribution in [3.05, 3.63) is 41.2 Å². The Morgan fingerprint density at radius 3 is 2.57 bits per heavy atom. The zero-order valence-corrected chi connectivity index (χ0v) is 13.6. The summed E-state index contributed by atoms with van der Waals surface area (Å²) in [7, 11) is 0. The summed E-state index contributed by atoms with van der Waals surface area (Å²) in [5.41, 5.74) is 4.84. The molecule has 1 aliphatic heterocycles. The third-order valence-electron chi connectivity index (χ3n) is 3.86. The van der Waals surface area contributed by atoms with E-state index < -0.39 is 0 Å². The molecule has 1 aromatic carbocycles. The first-order valence-corrected chi connectivity index (χ1v) is 8.66. The van der Waals surface area contributed by atoms with Crippen LogP contribution in [0.3, 0.4) is 0 Å². The fourth-order valence-electron chi connectivity index (χ4n) is 2.74. The highest BCUT2D eigenvalue weighted by atomic mass is 32.2. The van der Waals surface area contributed by atoms with Gasteiger partial charge in [0.05, 0.1) is 11.4 Å². The summed E-state index contributed by atoms with van der Waals surface area (Å²) in [6.45, 7) is 6.31. The first-order chi connectivity index (χ1) is 10.2. The van der Waals surface area contributed by atoms with Gasteiger partial charge in [-0.3, -0.25) is 0 Å². The minimum atomic E-state index is 0.434. The summed E-state index contributed by atoms with van der Waals surface area (Å²) < 4.78 is 0. The third kappa shape index (κ3) is 2.97. The Balaban J connectivity index is 2.07. The fraction of sp³-hybridized carbons (Fsp3) is 0.412. The van der Waals surface area contributed by atoms with Crippen LogP contribution in [0.15, 0.2) is 29.2 Å². The lowest BCUT2D eigenvalue weighted by Crippen LogP contribution is -2.27. The Kier molecular flexibility index (Phi) is 4.27. The summed E-state index contributed by atoms with van der Waals surface area (Å²) in [5.74, 6) is 1.29. The van der Waals surface area contributed by atoms with E-state index >= 15 is 0 Å². The van der Waals surface area contributed by atoms with Crippen molar-refractivity contribution in [1.29, 1.82) is 0 Å². The van der Waals surface area contributed by atoms with Crippen molar-refractivity contribution in [2.75, 3.05) is 12.8 Å². The number of benzene rings is 1. The van der Waals surface area contributed by atoms with Crippen LogP contribution in [0.25, 0.3) is 11.4 Å². The van der Waals surface area contributed by atoms with E-state index in [0.717, 1.165) is 30.9 Å². The number of aromatic nitrogens is 2. The van der Waals surface area contributed by atoms with E-state index in [-0.39, 0.29) is 0 Å². The number of rotatable bonds is 3. The van der Waals surface area contributed by atoms with Gasteiger partial charge < -0.3 is 5.32 Å². The van der Waals surface area contributed by atoms with Crippen LogP contribution in [-0.2, 0) is 13.0 Å². The van der Waals surface area contributed by atoms with Crippen molar-refractivity contribution < 1.29 is 0 Å². The molecule has 3 nitrogen and oxygen atoms in total. The van der Waals surface area contributed by atoms with E-state index in [0.29, 0.717) is 5.92 Å². The van der Waals surface area contributed by atoms with E-state index in [4.69, 9.17) is 9.97 Å². The summed E-state index contributed by atoms with van der Waals surface area (Å²) in [6.07, 6.45) is 3.13. The minimum absolute atomic E-state index is 0.434. The van der Waals surface area contributed by atoms with Crippen LogP contribution in [0.4, 0.5) is 0 Å². The minimum Gasteiger partial charge on any atom is -0.311 e. The molecule has 0 fully saturated rings. The van der Waals surface area contributed by atoms with E-state index in [1.54, 1.807) is 11.8 Å². The monoisotopic (exact) mass is 299 g/mol. The molecular weight excluding hydrogens is 278 g/mol. The fourth-order valence-corrected chi connectivity index (χ4v) is 3.14. The normalized spacial score (nSPS) is 14.3. The highest BCUT2D eigenvalue weighted by Crippen LogP contribution is 2.27. The maximum atomic E-state index is 4.87. The lowest BCUT2D eigenvalue weighted by Gasteiger charge is -2.21. The first kappa shape index (κ1) is 14.5. The van der Waals surface area contributed by atoms with Gasteiger partial charge in [0, 0.05) is 17.0 Å². The molecule has 4 heteroatoms. The zero-order chi connectivity index (χ0) is 14.8. The van der Waals surface area contributed by atoms with Crippen molar-refractivity contribution >= 4 is 11.8 Å². The predicted molar refractivity (Wildman–Crippen MR) is 88.7 cm³/mol. The van der Waals surface area contributed by atoms with Crippen LogP contribution in [0.1, 0.15) is 36.7 Å². The van der Waals surface area contributed by atoms with Crippen LogP contribution in [0.5, 0.6) is 0 Å². The number of hydrogen-bond donors (Lipinski definition) is 1. The van der Waals surface area contributed by atoms with Crippen LogP contribution < -0.4 is 5.32 Å². The number of fused-ring (bicyclic) bond motifs is 1. The lowest BCUT2D eigenvalue weighted by molar-refractivity contribution is 0.609. The number of thioether (sulfide) groups is 1. The average molecular weight is 299 g/mol. The summed E-state index contributed by atoms with van der Waals surface area (Å²) in [6, 6.07) is 8.51. The van der Waals surface area contributed by atoms with Gasteiger partial charge >= 0.3 is 0 Å². The lowest BCUT2D eigenvalue weighted by atomic mass is 9.97. The van der Waals surface area contributed by atoms with Gasteiger partial charge in [-0.05, 0) is 42.8 Å². The molecule has 2 aromatic rings. The average Bonchev–Trinajstić information content (AvgIpc) is 2.53. The van der Waals surface area contributed by atoms with E-state index in [9.17, 15) is 0 Å². The molecule has 21 heavy (non-hydrogen) atoms. The molecular formula is C17H21N3S. The van der Waals surface area contributed by atoms with E-state index in [1.165, 1.54) is 21.8 Å².